The molecule has 0 aromatic rings. The van der Waals surface area contributed by atoms with Crippen LogP contribution in [-0.2, 0) is 4.74 Å². The molecule has 0 aromatic carbocycles. The van der Waals surface area contributed by atoms with E-state index in [1.54, 1.807) is 0 Å². The molecule has 0 aliphatic heterocycles. The summed E-state index contributed by atoms with van der Waals surface area (Å²) < 4.78 is 49.7. The molecule has 4 heteroatoms. The second-order valence-electron chi connectivity index (χ2n) is 9.80. The molecule has 28 heavy (non-hydrogen) atoms. The topological polar surface area (TPSA) is 9.23 Å². The molecule has 3 saturated carbocycles. The number of ether oxygens (including phenoxy) is 1. The standard InChI is InChI=1S/C24H41F3O/c1-3-5-6-16-7-9-17(10-8-16)19-12-11-18(15-21(19)25)20-13-14-22(28-4-2)24(27)23(20)26/h16-24H,3-15H2,1-2H3. The minimum Gasteiger partial charge on any atom is -0.375 e. The minimum atomic E-state index is -1.55. The Kier molecular flexibility index (Phi) is 8.56. The first-order valence-corrected chi connectivity index (χ1v) is 12.1. The summed E-state index contributed by atoms with van der Waals surface area (Å²) >= 11 is 0. The highest BCUT2D eigenvalue weighted by Gasteiger charge is 2.47. The number of unbranched alkanes of at least 4 members (excludes halogenated alkanes) is 1. The Morgan fingerprint density at radius 1 is 0.750 bits per heavy atom. The van der Waals surface area contributed by atoms with Crippen LogP contribution in [0.3, 0.4) is 0 Å². The van der Waals surface area contributed by atoms with Crippen molar-refractivity contribution in [3.63, 3.8) is 0 Å². The van der Waals surface area contributed by atoms with Crippen molar-refractivity contribution >= 4 is 0 Å². The highest BCUT2D eigenvalue weighted by Crippen LogP contribution is 2.48. The lowest BCUT2D eigenvalue weighted by Crippen LogP contribution is -2.47. The van der Waals surface area contributed by atoms with Gasteiger partial charge in [0, 0.05) is 6.61 Å². The Balaban J connectivity index is 1.48. The highest BCUT2D eigenvalue weighted by molar-refractivity contribution is 4.96. The summed E-state index contributed by atoms with van der Waals surface area (Å²) in [5, 5.41) is 0. The van der Waals surface area contributed by atoms with Crippen LogP contribution in [-0.4, -0.2) is 31.2 Å². The molecule has 0 spiro atoms. The fourth-order valence-corrected chi connectivity index (χ4v) is 6.49. The van der Waals surface area contributed by atoms with Crippen molar-refractivity contribution < 1.29 is 17.9 Å². The van der Waals surface area contributed by atoms with Crippen molar-refractivity contribution in [1.29, 1.82) is 0 Å². The molecule has 0 amide bonds. The number of rotatable bonds is 7. The van der Waals surface area contributed by atoms with Gasteiger partial charge in [-0.05, 0) is 81.5 Å². The van der Waals surface area contributed by atoms with Gasteiger partial charge in [0.2, 0.25) is 0 Å². The predicted octanol–water partition coefficient (Wildman–Crippen LogP) is 7.23. The molecule has 7 atom stereocenters. The normalized spacial score (nSPS) is 45.1. The summed E-state index contributed by atoms with van der Waals surface area (Å²) in [5.74, 6) is 1.19. The minimum absolute atomic E-state index is 0.00275. The van der Waals surface area contributed by atoms with Crippen molar-refractivity contribution in [3.8, 4) is 0 Å². The summed E-state index contributed by atoms with van der Waals surface area (Å²) in [5.41, 5.74) is 0. The van der Waals surface area contributed by atoms with Gasteiger partial charge in [-0.3, -0.25) is 0 Å². The van der Waals surface area contributed by atoms with Crippen molar-refractivity contribution in [2.24, 2.45) is 29.6 Å². The maximum absolute atomic E-state index is 15.1. The monoisotopic (exact) mass is 402 g/mol. The lowest BCUT2D eigenvalue weighted by Gasteiger charge is -2.44. The van der Waals surface area contributed by atoms with Gasteiger partial charge < -0.3 is 4.74 Å². The average molecular weight is 403 g/mol. The van der Waals surface area contributed by atoms with Gasteiger partial charge in [-0.1, -0.05) is 39.0 Å². The Labute approximate surface area is 170 Å². The van der Waals surface area contributed by atoms with Crippen molar-refractivity contribution in [3.05, 3.63) is 0 Å². The third kappa shape index (κ3) is 5.26. The molecule has 7 unspecified atom stereocenters. The maximum atomic E-state index is 15.1. The molecule has 164 valence electrons. The molecular weight excluding hydrogens is 361 g/mol. The zero-order chi connectivity index (χ0) is 20.1. The van der Waals surface area contributed by atoms with E-state index in [1.165, 1.54) is 44.9 Å². The quantitative estimate of drug-likeness (QED) is 0.436. The third-order valence-corrected chi connectivity index (χ3v) is 8.17. The first-order valence-electron chi connectivity index (χ1n) is 12.1. The predicted molar refractivity (Wildman–Crippen MR) is 109 cm³/mol. The van der Waals surface area contributed by atoms with Crippen molar-refractivity contribution in [1.82, 2.24) is 0 Å². The van der Waals surface area contributed by atoms with E-state index in [2.05, 4.69) is 6.92 Å². The Morgan fingerprint density at radius 2 is 1.43 bits per heavy atom. The van der Waals surface area contributed by atoms with Crippen molar-refractivity contribution in [2.45, 2.75) is 116 Å². The van der Waals surface area contributed by atoms with E-state index in [0.29, 0.717) is 31.8 Å². The van der Waals surface area contributed by atoms with Crippen LogP contribution in [0.5, 0.6) is 0 Å². The lowest BCUT2D eigenvalue weighted by molar-refractivity contribution is -0.0894. The van der Waals surface area contributed by atoms with Gasteiger partial charge >= 0.3 is 0 Å². The highest BCUT2D eigenvalue weighted by atomic mass is 19.2. The second kappa shape index (κ2) is 10.7. The molecule has 0 heterocycles. The van der Waals surface area contributed by atoms with Gasteiger partial charge in [-0.2, -0.15) is 0 Å². The smallest absolute Gasteiger partial charge is 0.157 e. The van der Waals surface area contributed by atoms with Crippen LogP contribution in [0.1, 0.15) is 90.9 Å². The van der Waals surface area contributed by atoms with Gasteiger partial charge in [0.1, 0.15) is 12.3 Å². The van der Waals surface area contributed by atoms with Gasteiger partial charge in [0.15, 0.2) is 6.17 Å². The van der Waals surface area contributed by atoms with Crippen LogP contribution in [0.25, 0.3) is 0 Å². The molecule has 0 saturated heterocycles. The molecule has 3 fully saturated rings. The largest absolute Gasteiger partial charge is 0.375 e. The van der Waals surface area contributed by atoms with E-state index in [-0.39, 0.29) is 17.8 Å². The summed E-state index contributed by atoms with van der Waals surface area (Å²) in [6.07, 6.45) is 7.67. The molecule has 3 aliphatic carbocycles. The Bertz CT molecular complexity index is 451. The van der Waals surface area contributed by atoms with Crippen LogP contribution >= 0.6 is 0 Å². The van der Waals surface area contributed by atoms with E-state index >= 15 is 4.39 Å². The average Bonchev–Trinajstić information content (AvgIpc) is 2.70. The van der Waals surface area contributed by atoms with E-state index in [4.69, 9.17) is 4.74 Å². The van der Waals surface area contributed by atoms with Gasteiger partial charge in [-0.15, -0.1) is 0 Å². The Hall–Kier alpha value is -0.250. The van der Waals surface area contributed by atoms with E-state index in [9.17, 15) is 8.78 Å². The maximum Gasteiger partial charge on any atom is 0.157 e. The molecule has 1 nitrogen and oxygen atoms in total. The lowest BCUT2D eigenvalue weighted by atomic mass is 9.64. The fourth-order valence-electron chi connectivity index (χ4n) is 6.49. The third-order valence-electron chi connectivity index (χ3n) is 8.17. The van der Waals surface area contributed by atoms with Gasteiger partial charge in [-0.25, -0.2) is 13.2 Å². The van der Waals surface area contributed by atoms with E-state index in [0.717, 1.165) is 18.8 Å². The summed E-state index contributed by atoms with van der Waals surface area (Å²) in [4.78, 5) is 0. The first-order chi connectivity index (χ1) is 13.5. The Morgan fingerprint density at radius 3 is 2.07 bits per heavy atom. The molecule has 0 radical (unpaired) electrons. The van der Waals surface area contributed by atoms with Gasteiger partial charge in [0.05, 0.1) is 6.10 Å². The SMILES string of the molecule is CCCCC1CCC(C2CCC(C3CCC(OCC)C(F)C3F)CC2F)CC1. The fraction of sp³-hybridized carbons (Fsp3) is 1.00. The second-order valence-corrected chi connectivity index (χ2v) is 9.80. The van der Waals surface area contributed by atoms with Crippen LogP contribution in [0, 0.1) is 29.6 Å². The van der Waals surface area contributed by atoms with Gasteiger partial charge in [0.25, 0.3) is 0 Å². The number of halogens is 3. The zero-order valence-electron chi connectivity index (χ0n) is 17.9. The van der Waals surface area contributed by atoms with E-state index in [1.807, 2.05) is 6.92 Å². The van der Waals surface area contributed by atoms with Crippen LogP contribution < -0.4 is 0 Å². The molecule has 0 bridgehead atoms. The van der Waals surface area contributed by atoms with Crippen LogP contribution in [0.15, 0.2) is 0 Å². The first kappa shape index (κ1) is 22.4. The molecule has 0 aromatic heterocycles. The van der Waals surface area contributed by atoms with Crippen LogP contribution in [0.2, 0.25) is 0 Å². The zero-order valence-corrected chi connectivity index (χ0v) is 17.9. The van der Waals surface area contributed by atoms with Crippen molar-refractivity contribution in [2.75, 3.05) is 6.61 Å². The molecular formula is C24H41F3O. The van der Waals surface area contributed by atoms with E-state index < -0.39 is 24.6 Å². The number of alkyl halides is 3. The molecule has 0 N–H and O–H groups in total. The summed E-state index contributed by atoms with van der Waals surface area (Å²) in [6, 6.07) is 0. The molecule has 3 rings (SSSR count). The van der Waals surface area contributed by atoms with Crippen LogP contribution in [0.4, 0.5) is 13.2 Å². The molecule has 3 aliphatic rings. The summed E-state index contributed by atoms with van der Waals surface area (Å²) in [6.45, 7) is 4.48. The summed E-state index contributed by atoms with van der Waals surface area (Å²) in [7, 11) is 0. The number of hydrogen-bond donors (Lipinski definition) is 0. The number of hydrogen-bond acceptors (Lipinski definition) is 1.